The molecular formula is C12H16N2O2. The van der Waals surface area contributed by atoms with Gasteiger partial charge in [-0.05, 0) is 30.5 Å². The van der Waals surface area contributed by atoms with Gasteiger partial charge < -0.3 is 16.2 Å². The summed E-state index contributed by atoms with van der Waals surface area (Å²) in [4.78, 5) is 11.0. The number of rotatable bonds is 4. The number of nitrogen functional groups attached to an aromatic ring is 1. The van der Waals surface area contributed by atoms with Crippen LogP contribution in [0.15, 0.2) is 18.2 Å². The van der Waals surface area contributed by atoms with E-state index in [1.807, 2.05) is 0 Å². The topological polar surface area (TPSA) is 75.3 Å². The molecule has 0 aliphatic heterocycles. The van der Waals surface area contributed by atoms with Crippen LogP contribution >= 0.6 is 0 Å². The minimum absolute atomic E-state index is 0.288. The molecule has 0 radical (unpaired) electrons. The maximum Gasteiger partial charge on any atom is 0.337 e. The summed E-state index contributed by atoms with van der Waals surface area (Å²) in [5.74, 6) is -0.251. The smallest absolute Gasteiger partial charge is 0.337 e. The van der Waals surface area contributed by atoms with Crippen LogP contribution in [0.2, 0.25) is 0 Å². The number of aromatic carboxylic acids is 1. The van der Waals surface area contributed by atoms with E-state index in [4.69, 9.17) is 10.8 Å². The third-order valence-electron chi connectivity index (χ3n) is 3.06. The summed E-state index contributed by atoms with van der Waals surface area (Å²) in [7, 11) is 0. The van der Waals surface area contributed by atoms with Crippen LogP contribution in [0.25, 0.3) is 0 Å². The van der Waals surface area contributed by atoms with E-state index in [9.17, 15) is 4.79 Å². The van der Waals surface area contributed by atoms with E-state index >= 15 is 0 Å². The molecule has 2 atom stereocenters. The summed E-state index contributed by atoms with van der Waals surface area (Å²) >= 11 is 0. The van der Waals surface area contributed by atoms with Gasteiger partial charge in [-0.3, -0.25) is 0 Å². The van der Waals surface area contributed by atoms with Crippen LogP contribution < -0.4 is 11.1 Å². The Bertz CT molecular complexity index is 417. The molecule has 1 fully saturated rings. The quantitative estimate of drug-likeness (QED) is 0.680. The third-order valence-corrected chi connectivity index (χ3v) is 3.06. The van der Waals surface area contributed by atoms with Gasteiger partial charge in [-0.1, -0.05) is 13.3 Å². The monoisotopic (exact) mass is 220 g/mol. The molecule has 0 amide bonds. The van der Waals surface area contributed by atoms with Crippen molar-refractivity contribution in [1.29, 1.82) is 0 Å². The Morgan fingerprint density at radius 2 is 2.38 bits per heavy atom. The van der Waals surface area contributed by atoms with E-state index in [0.717, 1.165) is 12.8 Å². The van der Waals surface area contributed by atoms with Gasteiger partial charge in [0.05, 0.1) is 11.3 Å². The molecule has 0 heterocycles. The molecule has 2 unspecified atom stereocenters. The van der Waals surface area contributed by atoms with Crippen molar-refractivity contribution in [3.05, 3.63) is 23.8 Å². The van der Waals surface area contributed by atoms with Crippen molar-refractivity contribution < 1.29 is 9.90 Å². The van der Waals surface area contributed by atoms with Crippen LogP contribution in [0, 0.1) is 5.92 Å². The van der Waals surface area contributed by atoms with E-state index < -0.39 is 5.97 Å². The summed E-state index contributed by atoms with van der Waals surface area (Å²) in [5, 5.41) is 12.3. The summed E-state index contributed by atoms with van der Waals surface area (Å²) in [6.07, 6.45) is 2.24. The lowest BCUT2D eigenvalue weighted by atomic mass is 10.1. The molecule has 1 aliphatic rings. The van der Waals surface area contributed by atoms with Crippen LogP contribution in [0.1, 0.15) is 30.1 Å². The molecule has 0 aromatic heterocycles. The van der Waals surface area contributed by atoms with Gasteiger partial charge in [0.2, 0.25) is 0 Å². The molecule has 16 heavy (non-hydrogen) atoms. The summed E-state index contributed by atoms with van der Waals surface area (Å²) in [5.41, 5.74) is 7.16. The van der Waals surface area contributed by atoms with Gasteiger partial charge in [-0.15, -0.1) is 0 Å². The zero-order chi connectivity index (χ0) is 11.7. The van der Waals surface area contributed by atoms with Gasteiger partial charge in [0.15, 0.2) is 0 Å². The molecule has 4 heteroatoms. The van der Waals surface area contributed by atoms with Crippen LogP contribution in [0.5, 0.6) is 0 Å². The molecule has 0 bridgehead atoms. The second-order valence-corrected chi connectivity index (χ2v) is 4.27. The molecule has 1 aromatic carbocycles. The highest BCUT2D eigenvalue weighted by atomic mass is 16.4. The average molecular weight is 220 g/mol. The number of hydrogen-bond donors (Lipinski definition) is 3. The highest BCUT2D eigenvalue weighted by molar-refractivity contribution is 5.95. The van der Waals surface area contributed by atoms with Gasteiger partial charge in [-0.2, -0.15) is 0 Å². The zero-order valence-electron chi connectivity index (χ0n) is 9.23. The maximum absolute atomic E-state index is 11.0. The Hall–Kier alpha value is -1.71. The largest absolute Gasteiger partial charge is 0.478 e. The van der Waals surface area contributed by atoms with Gasteiger partial charge in [0.1, 0.15) is 0 Å². The van der Waals surface area contributed by atoms with Crippen LogP contribution in [-0.2, 0) is 0 Å². The van der Waals surface area contributed by atoms with E-state index in [0.29, 0.717) is 23.3 Å². The predicted molar refractivity (Wildman–Crippen MR) is 63.6 cm³/mol. The Morgan fingerprint density at radius 3 is 2.94 bits per heavy atom. The molecule has 0 saturated heterocycles. The Balaban J connectivity index is 2.18. The normalized spacial score (nSPS) is 22.8. The number of carbonyl (C=O) groups is 1. The molecular weight excluding hydrogens is 204 g/mol. The molecule has 0 spiro atoms. The Labute approximate surface area is 94.5 Å². The zero-order valence-corrected chi connectivity index (χ0v) is 9.23. The molecule has 4 N–H and O–H groups in total. The van der Waals surface area contributed by atoms with Gasteiger partial charge >= 0.3 is 5.97 Å². The van der Waals surface area contributed by atoms with E-state index in [-0.39, 0.29) is 5.56 Å². The lowest BCUT2D eigenvalue weighted by molar-refractivity contribution is 0.0698. The first-order chi connectivity index (χ1) is 7.61. The highest BCUT2D eigenvalue weighted by Gasteiger charge is 2.35. The van der Waals surface area contributed by atoms with Crippen molar-refractivity contribution in [1.82, 2.24) is 0 Å². The van der Waals surface area contributed by atoms with E-state index in [1.54, 1.807) is 18.2 Å². The molecule has 1 saturated carbocycles. The van der Waals surface area contributed by atoms with Crippen LogP contribution in [-0.4, -0.2) is 17.1 Å². The Morgan fingerprint density at radius 1 is 1.62 bits per heavy atom. The molecule has 4 nitrogen and oxygen atoms in total. The Kier molecular flexibility index (Phi) is 2.73. The molecule has 1 aliphatic carbocycles. The van der Waals surface area contributed by atoms with Crippen molar-refractivity contribution in [2.75, 3.05) is 11.1 Å². The van der Waals surface area contributed by atoms with Gasteiger partial charge in [0.25, 0.3) is 0 Å². The number of hydrogen-bond acceptors (Lipinski definition) is 3. The summed E-state index contributed by atoms with van der Waals surface area (Å²) in [6, 6.07) is 5.25. The van der Waals surface area contributed by atoms with Crippen molar-refractivity contribution >= 4 is 17.3 Å². The van der Waals surface area contributed by atoms with Crippen molar-refractivity contribution in [3.63, 3.8) is 0 Å². The second-order valence-electron chi connectivity index (χ2n) is 4.27. The molecule has 1 aromatic rings. The third kappa shape index (κ3) is 2.10. The summed E-state index contributed by atoms with van der Waals surface area (Å²) in [6.45, 7) is 2.14. The van der Waals surface area contributed by atoms with Gasteiger partial charge in [0, 0.05) is 11.7 Å². The molecule has 86 valence electrons. The lowest BCUT2D eigenvalue weighted by Crippen LogP contribution is -2.10. The number of carboxylic acids is 1. The molecule has 2 rings (SSSR count). The fraction of sp³-hybridized carbons (Fsp3) is 0.417. The van der Waals surface area contributed by atoms with Crippen molar-refractivity contribution in [2.24, 2.45) is 5.92 Å². The number of benzene rings is 1. The van der Waals surface area contributed by atoms with Crippen LogP contribution in [0.3, 0.4) is 0 Å². The fourth-order valence-electron chi connectivity index (χ4n) is 1.94. The van der Waals surface area contributed by atoms with Crippen LogP contribution in [0.4, 0.5) is 11.4 Å². The van der Waals surface area contributed by atoms with Gasteiger partial charge in [-0.25, -0.2) is 4.79 Å². The number of nitrogens with one attached hydrogen (secondary N) is 1. The minimum atomic E-state index is -0.920. The van der Waals surface area contributed by atoms with E-state index in [1.165, 1.54) is 0 Å². The first-order valence-electron chi connectivity index (χ1n) is 5.51. The predicted octanol–water partition coefficient (Wildman–Crippen LogP) is 2.18. The number of carboxylic acid groups (broad SMARTS) is 1. The maximum atomic E-state index is 11.0. The minimum Gasteiger partial charge on any atom is -0.478 e. The fourth-order valence-corrected chi connectivity index (χ4v) is 1.94. The summed E-state index contributed by atoms with van der Waals surface area (Å²) < 4.78 is 0. The first-order valence-corrected chi connectivity index (χ1v) is 5.51. The lowest BCUT2D eigenvalue weighted by Gasteiger charge is -2.10. The SMILES string of the molecule is CCC1CC1Nc1cc(N)ccc1C(=O)O. The number of anilines is 2. The van der Waals surface area contributed by atoms with Crippen molar-refractivity contribution in [3.8, 4) is 0 Å². The standard InChI is InChI=1S/C12H16N2O2/c1-2-7-5-10(7)14-11-6-8(13)3-4-9(11)12(15)16/h3-4,6-7,10,14H,2,5,13H2,1H3,(H,15,16). The first kappa shape index (κ1) is 10.8. The van der Waals surface area contributed by atoms with E-state index in [2.05, 4.69) is 12.2 Å². The second kappa shape index (κ2) is 4.04. The number of nitrogens with two attached hydrogens (primary N) is 1. The van der Waals surface area contributed by atoms with Crippen molar-refractivity contribution in [2.45, 2.75) is 25.8 Å². The highest BCUT2D eigenvalue weighted by Crippen LogP contribution is 2.37. The average Bonchev–Trinajstić information content (AvgIpc) is 2.96.